The summed E-state index contributed by atoms with van der Waals surface area (Å²) in [5, 5.41) is 12.9. The molecule has 0 radical (unpaired) electrons. The van der Waals surface area contributed by atoms with Crippen LogP contribution in [0.25, 0.3) is 21.5 Å². The van der Waals surface area contributed by atoms with E-state index >= 15 is 0 Å². The lowest BCUT2D eigenvalue weighted by Gasteiger charge is -2.29. The molecule has 14 heteroatoms. The van der Waals surface area contributed by atoms with E-state index in [0.29, 0.717) is 31.2 Å². The van der Waals surface area contributed by atoms with E-state index < -0.39 is 54.2 Å². The number of carbonyl (C=O) groups is 6. The molecule has 4 aromatic rings. The predicted molar refractivity (Wildman–Crippen MR) is 200 cm³/mol. The fraction of sp³-hybridized carbons (Fsp3) is 0.282. The summed E-state index contributed by atoms with van der Waals surface area (Å²) in [6, 6.07) is 24.9. The fourth-order valence-electron chi connectivity index (χ4n) is 5.99. The minimum Gasteiger partial charge on any atom is -0.368 e. The van der Waals surface area contributed by atoms with Crippen molar-refractivity contribution in [3.8, 4) is 0 Å². The van der Waals surface area contributed by atoms with E-state index in [2.05, 4.69) is 21.4 Å². The van der Waals surface area contributed by atoms with Crippen LogP contribution in [-0.4, -0.2) is 95.2 Å². The summed E-state index contributed by atoms with van der Waals surface area (Å²) in [7, 11) is 0. The van der Waals surface area contributed by atoms with Crippen LogP contribution in [0, 0.1) is 0 Å². The van der Waals surface area contributed by atoms with E-state index in [0.717, 1.165) is 44.8 Å². The normalized spacial score (nSPS) is 14.0. The van der Waals surface area contributed by atoms with Crippen LogP contribution in [0.1, 0.15) is 25.0 Å². The van der Waals surface area contributed by atoms with Gasteiger partial charge in [0.05, 0.1) is 0 Å². The van der Waals surface area contributed by atoms with Crippen LogP contribution < -0.4 is 27.1 Å². The molecule has 0 aromatic heterocycles. The predicted octanol–water partition coefficient (Wildman–Crippen LogP) is 1.93. The molecule has 5 rings (SSSR count). The second-order valence-electron chi connectivity index (χ2n) is 12.8. The maximum atomic E-state index is 13.9. The molecule has 1 aliphatic heterocycles. The lowest BCUT2D eigenvalue weighted by Crippen LogP contribution is -2.58. The Morgan fingerprint density at radius 2 is 1.23 bits per heavy atom. The van der Waals surface area contributed by atoms with E-state index in [1.165, 1.54) is 13.8 Å². The number of hydrogen-bond acceptors (Lipinski definition) is 7. The molecule has 2 atom stereocenters. The number of nitrogens with two attached hydrogens (primary N) is 1. The second kappa shape index (κ2) is 17.8. The van der Waals surface area contributed by atoms with Gasteiger partial charge in [0, 0.05) is 51.4 Å². The lowest BCUT2D eigenvalue weighted by molar-refractivity contribution is -0.142. The molecule has 6 N–H and O–H groups in total. The summed E-state index contributed by atoms with van der Waals surface area (Å²) in [4.78, 5) is 80.6. The number of primary amides is 1. The van der Waals surface area contributed by atoms with E-state index in [1.807, 2.05) is 84.9 Å². The molecule has 1 saturated heterocycles. The summed E-state index contributed by atoms with van der Waals surface area (Å²) < 4.78 is 0. The molecule has 0 aliphatic carbocycles. The number of carbonyl (C=O) groups excluding carboxylic acids is 6. The molecule has 1 fully saturated rings. The summed E-state index contributed by atoms with van der Waals surface area (Å²) in [5.74, 6) is -3.76. The zero-order valence-corrected chi connectivity index (χ0v) is 29.7. The number of piperazine rings is 1. The van der Waals surface area contributed by atoms with Gasteiger partial charge in [-0.25, -0.2) is 9.80 Å². The maximum Gasteiger partial charge on any atom is 0.318 e. The molecule has 4 aromatic carbocycles. The highest BCUT2D eigenvalue weighted by atomic mass is 16.2. The van der Waals surface area contributed by atoms with Crippen LogP contribution in [0.2, 0.25) is 0 Å². The van der Waals surface area contributed by atoms with Crippen molar-refractivity contribution in [2.75, 3.05) is 32.7 Å². The smallest absolute Gasteiger partial charge is 0.318 e. The Hall–Kier alpha value is -6.28. The van der Waals surface area contributed by atoms with Crippen molar-refractivity contribution < 1.29 is 28.8 Å². The van der Waals surface area contributed by atoms with Crippen molar-refractivity contribution in [2.45, 2.75) is 39.0 Å². The van der Waals surface area contributed by atoms with Gasteiger partial charge in [0.1, 0.15) is 18.6 Å². The van der Waals surface area contributed by atoms with Crippen molar-refractivity contribution in [1.82, 2.24) is 36.2 Å². The van der Waals surface area contributed by atoms with Crippen LogP contribution in [0.3, 0.4) is 0 Å². The van der Waals surface area contributed by atoms with Crippen molar-refractivity contribution >= 4 is 57.1 Å². The van der Waals surface area contributed by atoms with Crippen molar-refractivity contribution in [1.29, 1.82) is 0 Å². The third-order valence-corrected chi connectivity index (χ3v) is 8.88. The molecule has 0 bridgehead atoms. The van der Waals surface area contributed by atoms with Crippen LogP contribution in [-0.2, 0) is 37.1 Å². The number of rotatable bonds is 12. The number of benzene rings is 4. The van der Waals surface area contributed by atoms with Crippen LogP contribution >= 0.6 is 0 Å². The highest BCUT2D eigenvalue weighted by Gasteiger charge is 2.26. The first-order chi connectivity index (χ1) is 25.5. The van der Waals surface area contributed by atoms with Gasteiger partial charge in [-0.1, -0.05) is 84.9 Å². The van der Waals surface area contributed by atoms with E-state index in [4.69, 9.17) is 5.73 Å². The zero-order valence-electron chi connectivity index (χ0n) is 29.7. The topological polar surface area (TPSA) is 186 Å². The third kappa shape index (κ3) is 10.2. The minimum atomic E-state index is -1.17. The van der Waals surface area contributed by atoms with Gasteiger partial charge in [0.25, 0.3) is 11.8 Å². The van der Waals surface area contributed by atoms with Crippen molar-refractivity contribution in [3.63, 3.8) is 0 Å². The Labute approximate surface area is 307 Å². The first-order valence-corrected chi connectivity index (χ1v) is 17.4. The average Bonchev–Trinajstić information content (AvgIpc) is 3.16. The first-order valence-electron chi connectivity index (χ1n) is 17.4. The number of urea groups is 1. The number of hydrogen-bond donors (Lipinski definition) is 5. The standard InChI is InChI=1S/C39H44N8O6/c1-26(43-39(53)45-21-19-41-20-22-45)37(51)42-27(2)38(52)44-47(25-34(40)48)36(50)18-17-35(49)46(23-30-13-7-11-28-9-3-5-15-32(28)30)24-31-14-8-12-29-10-4-6-16-33(29)31/h3-18,26-27,41H,19-25H2,1-2H3,(H2,40,48)(H,42,51)(H,43,53)(H,44,52)/b18-17+/t26-,27-/m0/s1. The molecule has 1 aliphatic rings. The van der Waals surface area contributed by atoms with E-state index in [9.17, 15) is 28.8 Å². The lowest BCUT2D eigenvalue weighted by atomic mass is 10.0. The van der Waals surface area contributed by atoms with E-state index in [1.54, 1.807) is 9.80 Å². The highest BCUT2D eigenvalue weighted by Crippen LogP contribution is 2.24. The highest BCUT2D eigenvalue weighted by molar-refractivity contribution is 5.99. The molecule has 14 nitrogen and oxygen atoms in total. The molecule has 1 heterocycles. The molecule has 53 heavy (non-hydrogen) atoms. The molecule has 0 unspecified atom stereocenters. The third-order valence-electron chi connectivity index (χ3n) is 8.88. The summed E-state index contributed by atoms with van der Waals surface area (Å²) in [6.45, 7) is 4.90. The monoisotopic (exact) mass is 720 g/mol. The quantitative estimate of drug-likeness (QED) is 0.109. The van der Waals surface area contributed by atoms with Gasteiger partial charge in [-0.2, -0.15) is 0 Å². The van der Waals surface area contributed by atoms with Crippen LogP contribution in [0.15, 0.2) is 97.1 Å². The molecule has 276 valence electrons. The largest absolute Gasteiger partial charge is 0.368 e. The summed E-state index contributed by atoms with van der Waals surface area (Å²) in [5.41, 5.74) is 9.51. The van der Waals surface area contributed by atoms with Gasteiger partial charge in [-0.05, 0) is 46.5 Å². The van der Waals surface area contributed by atoms with Gasteiger partial charge in [-0.15, -0.1) is 0 Å². The van der Waals surface area contributed by atoms with Gasteiger partial charge in [-0.3, -0.25) is 29.4 Å². The van der Waals surface area contributed by atoms with Crippen molar-refractivity contribution in [3.05, 3.63) is 108 Å². The van der Waals surface area contributed by atoms with Gasteiger partial charge in [0.2, 0.25) is 17.7 Å². The summed E-state index contributed by atoms with van der Waals surface area (Å²) >= 11 is 0. The Balaban J connectivity index is 1.28. The average molecular weight is 721 g/mol. The maximum absolute atomic E-state index is 13.9. The fourth-order valence-corrected chi connectivity index (χ4v) is 5.99. The number of hydrazine groups is 1. The molecular weight excluding hydrogens is 676 g/mol. The minimum absolute atomic E-state index is 0.231. The summed E-state index contributed by atoms with van der Waals surface area (Å²) in [6.07, 6.45) is 2.05. The van der Waals surface area contributed by atoms with E-state index in [-0.39, 0.29) is 13.1 Å². The molecule has 0 saturated carbocycles. The molecule has 7 amide bonds. The number of amides is 7. The van der Waals surface area contributed by atoms with Crippen molar-refractivity contribution in [2.24, 2.45) is 5.73 Å². The number of nitrogens with zero attached hydrogens (tertiary/aromatic N) is 3. The van der Waals surface area contributed by atoms with Crippen LogP contribution in [0.5, 0.6) is 0 Å². The van der Waals surface area contributed by atoms with Crippen LogP contribution in [0.4, 0.5) is 4.79 Å². The molecular formula is C39H44N8O6. The van der Waals surface area contributed by atoms with Gasteiger partial charge < -0.3 is 31.5 Å². The van der Waals surface area contributed by atoms with Gasteiger partial charge in [0.15, 0.2) is 0 Å². The zero-order chi connectivity index (χ0) is 37.9. The Bertz CT molecular complexity index is 1940. The first kappa shape index (κ1) is 38.0. The number of nitrogens with one attached hydrogen (secondary N) is 4. The SMILES string of the molecule is C[C@H](NC(=O)[C@H](C)NC(=O)N1CCNCC1)C(=O)NN(CC(N)=O)C(=O)/C=C/C(=O)N(Cc1cccc2ccccc12)Cc1cccc2ccccc12. The molecule has 0 spiro atoms. The van der Waals surface area contributed by atoms with Gasteiger partial charge >= 0.3 is 6.03 Å². The Morgan fingerprint density at radius 3 is 1.79 bits per heavy atom. The Kier molecular flexibility index (Phi) is 12.7. The Morgan fingerprint density at radius 1 is 0.717 bits per heavy atom. The second-order valence-corrected chi connectivity index (χ2v) is 12.8. The number of fused-ring (bicyclic) bond motifs is 2.